The predicted octanol–water partition coefficient (Wildman–Crippen LogP) is 3.07. The number of hydrogen-bond donors (Lipinski definition) is 2. The van der Waals surface area contributed by atoms with Gasteiger partial charge in [-0.25, -0.2) is 4.79 Å². The zero-order valence-electron chi connectivity index (χ0n) is 9.86. The van der Waals surface area contributed by atoms with E-state index in [-0.39, 0.29) is 5.02 Å². The van der Waals surface area contributed by atoms with E-state index in [0.29, 0.717) is 6.92 Å². The molecule has 1 unspecified atom stereocenters. The van der Waals surface area contributed by atoms with Crippen molar-refractivity contribution in [2.75, 3.05) is 5.32 Å². The second-order valence-corrected chi connectivity index (χ2v) is 4.41. The van der Waals surface area contributed by atoms with Crippen LogP contribution in [0.2, 0.25) is 5.02 Å². The summed E-state index contributed by atoms with van der Waals surface area (Å²) in [5.74, 6) is -2.22. The quantitative estimate of drug-likeness (QED) is 0.658. The number of alkyl halides is 3. The third-order valence-electron chi connectivity index (χ3n) is 2.53. The number of rotatable bonds is 4. The van der Waals surface area contributed by atoms with Gasteiger partial charge in [-0.2, -0.15) is 13.2 Å². The van der Waals surface area contributed by atoms with E-state index in [9.17, 15) is 28.1 Å². The van der Waals surface area contributed by atoms with Gasteiger partial charge in [-0.1, -0.05) is 11.6 Å². The molecule has 0 aliphatic carbocycles. The van der Waals surface area contributed by atoms with Gasteiger partial charge < -0.3 is 10.4 Å². The summed E-state index contributed by atoms with van der Waals surface area (Å²) in [4.78, 5) is 20.6. The number of nitrogens with zero attached hydrogens (tertiary/aromatic N) is 1. The second-order valence-electron chi connectivity index (χ2n) is 3.97. The number of nitrogens with one attached hydrogen (secondary N) is 1. The number of benzene rings is 1. The van der Waals surface area contributed by atoms with Gasteiger partial charge in [0.1, 0.15) is 5.69 Å². The monoisotopic (exact) mass is 312 g/mol. The highest BCUT2D eigenvalue weighted by Crippen LogP contribution is 2.37. The van der Waals surface area contributed by atoms with Gasteiger partial charge in [-0.3, -0.25) is 10.1 Å². The van der Waals surface area contributed by atoms with Crippen molar-refractivity contribution in [3.8, 4) is 0 Å². The highest BCUT2D eigenvalue weighted by Gasteiger charge is 2.58. The van der Waals surface area contributed by atoms with Crippen molar-refractivity contribution in [1.82, 2.24) is 0 Å². The first-order valence-electron chi connectivity index (χ1n) is 5.01. The van der Waals surface area contributed by atoms with Crippen LogP contribution < -0.4 is 5.32 Å². The zero-order chi connectivity index (χ0) is 15.7. The first-order chi connectivity index (χ1) is 8.99. The second kappa shape index (κ2) is 5.16. The van der Waals surface area contributed by atoms with Crippen LogP contribution >= 0.6 is 11.6 Å². The fraction of sp³-hybridized carbons (Fsp3) is 0.300. The lowest BCUT2D eigenvalue weighted by molar-refractivity contribution is -0.384. The molecule has 1 aromatic carbocycles. The molecular weight excluding hydrogens is 305 g/mol. The van der Waals surface area contributed by atoms with Crippen molar-refractivity contribution in [2.24, 2.45) is 0 Å². The highest BCUT2D eigenvalue weighted by atomic mass is 35.5. The summed E-state index contributed by atoms with van der Waals surface area (Å²) < 4.78 is 38.5. The van der Waals surface area contributed by atoms with Crippen molar-refractivity contribution in [1.29, 1.82) is 0 Å². The van der Waals surface area contributed by atoms with Crippen molar-refractivity contribution >= 4 is 28.9 Å². The molecule has 1 aromatic rings. The number of hydrogen-bond acceptors (Lipinski definition) is 4. The number of carboxylic acids is 1. The molecule has 0 saturated carbocycles. The highest BCUT2D eigenvalue weighted by molar-refractivity contribution is 6.31. The van der Waals surface area contributed by atoms with Crippen LogP contribution in [-0.4, -0.2) is 27.7 Å². The summed E-state index contributed by atoms with van der Waals surface area (Å²) >= 11 is 5.55. The van der Waals surface area contributed by atoms with Crippen LogP contribution in [0.3, 0.4) is 0 Å². The normalized spacial score (nSPS) is 14.4. The molecule has 0 aromatic heterocycles. The molecule has 110 valence electrons. The Morgan fingerprint density at radius 1 is 1.45 bits per heavy atom. The Labute approximate surface area is 115 Å². The number of nitro groups is 1. The maximum absolute atomic E-state index is 12.8. The van der Waals surface area contributed by atoms with Crippen molar-refractivity contribution in [3.63, 3.8) is 0 Å². The van der Waals surface area contributed by atoms with Gasteiger partial charge in [0.05, 0.1) is 4.92 Å². The van der Waals surface area contributed by atoms with Crippen molar-refractivity contribution in [3.05, 3.63) is 33.3 Å². The van der Waals surface area contributed by atoms with E-state index < -0.39 is 34.0 Å². The molecule has 20 heavy (non-hydrogen) atoms. The number of halogens is 4. The summed E-state index contributed by atoms with van der Waals surface area (Å²) in [6.07, 6.45) is -5.17. The Kier molecular flexibility index (Phi) is 4.13. The molecule has 0 heterocycles. The molecule has 1 atom stereocenters. The van der Waals surface area contributed by atoms with Crippen LogP contribution in [0.5, 0.6) is 0 Å². The minimum absolute atomic E-state index is 0.0759. The Bertz CT molecular complexity index is 564. The predicted molar refractivity (Wildman–Crippen MR) is 63.8 cm³/mol. The third-order valence-corrected chi connectivity index (χ3v) is 2.77. The van der Waals surface area contributed by atoms with E-state index in [0.717, 1.165) is 18.2 Å². The average Bonchev–Trinajstić information content (AvgIpc) is 2.26. The molecule has 0 amide bonds. The maximum Gasteiger partial charge on any atom is 0.422 e. The molecule has 0 spiro atoms. The molecule has 6 nitrogen and oxygen atoms in total. The molecule has 10 heteroatoms. The van der Waals surface area contributed by atoms with Gasteiger partial charge in [0, 0.05) is 11.1 Å². The number of carboxylic acid groups (broad SMARTS) is 1. The fourth-order valence-corrected chi connectivity index (χ4v) is 1.45. The van der Waals surface area contributed by atoms with Crippen molar-refractivity contribution < 1.29 is 28.0 Å². The van der Waals surface area contributed by atoms with E-state index in [2.05, 4.69) is 0 Å². The number of anilines is 1. The number of nitro benzene ring substituents is 1. The van der Waals surface area contributed by atoms with Crippen LogP contribution in [0.4, 0.5) is 24.5 Å². The lowest BCUT2D eigenvalue weighted by atomic mass is 10.0. The van der Waals surface area contributed by atoms with Gasteiger partial charge in [-0.15, -0.1) is 0 Å². The van der Waals surface area contributed by atoms with Gasteiger partial charge in [0.2, 0.25) is 5.54 Å². The molecule has 0 aliphatic heterocycles. The Morgan fingerprint density at radius 2 is 2.00 bits per heavy atom. The topological polar surface area (TPSA) is 92.5 Å². The van der Waals surface area contributed by atoms with Gasteiger partial charge in [0.15, 0.2) is 0 Å². The van der Waals surface area contributed by atoms with E-state index in [4.69, 9.17) is 16.7 Å². The van der Waals surface area contributed by atoms with E-state index in [1.165, 1.54) is 0 Å². The van der Waals surface area contributed by atoms with Gasteiger partial charge in [0.25, 0.3) is 5.69 Å². The summed E-state index contributed by atoms with van der Waals surface area (Å²) in [7, 11) is 0. The lowest BCUT2D eigenvalue weighted by Gasteiger charge is -2.29. The Balaban J connectivity index is 3.36. The third kappa shape index (κ3) is 2.93. The first-order valence-corrected chi connectivity index (χ1v) is 5.39. The molecule has 0 saturated heterocycles. The molecule has 0 fully saturated rings. The van der Waals surface area contributed by atoms with Crippen LogP contribution in [0, 0.1) is 10.1 Å². The standard InChI is InChI=1S/C10H8ClF3N2O4/c1-9(8(17)18,10(12,13)14)15-6-4-5(11)2-3-7(6)16(19)20/h2-4,15H,1H3,(H,17,18). The Morgan fingerprint density at radius 3 is 2.40 bits per heavy atom. The summed E-state index contributed by atoms with van der Waals surface area (Å²) in [6.45, 7) is 0.361. The van der Waals surface area contributed by atoms with E-state index in [1.54, 1.807) is 5.32 Å². The molecule has 1 rings (SSSR count). The minimum Gasteiger partial charge on any atom is -0.479 e. The summed E-state index contributed by atoms with van der Waals surface area (Å²) in [5, 5.41) is 21.0. The molecule has 2 N–H and O–H groups in total. The maximum atomic E-state index is 12.8. The average molecular weight is 313 g/mol. The number of carbonyl (C=O) groups is 1. The minimum atomic E-state index is -5.17. The molecular formula is C10H8ClF3N2O4. The van der Waals surface area contributed by atoms with Gasteiger partial charge in [-0.05, 0) is 19.1 Å². The summed E-state index contributed by atoms with van der Waals surface area (Å²) in [6, 6.07) is 2.84. The van der Waals surface area contributed by atoms with E-state index in [1.807, 2.05) is 0 Å². The molecule has 0 radical (unpaired) electrons. The SMILES string of the molecule is CC(Nc1cc(Cl)ccc1[N+](=O)[O-])(C(=O)O)C(F)(F)F. The largest absolute Gasteiger partial charge is 0.479 e. The molecule has 0 bridgehead atoms. The smallest absolute Gasteiger partial charge is 0.422 e. The van der Waals surface area contributed by atoms with Gasteiger partial charge >= 0.3 is 12.1 Å². The van der Waals surface area contributed by atoms with Crippen LogP contribution in [0.25, 0.3) is 0 Å². The zero-order valence-corrected chi connectivity index (χ0v) is 10.6. The van der Waals surface area contributed by atoms with Crippen LogP contribution in [0.1, 0.15) is 6.92 Å². The van der Waals surface area contributed by atoms with Crippen molar-refractivity contribution in [2.45, 2.75) is 18.6 Å². The first kappa shape index (κ1) is 16.0. The summed E-state index contributed by atoms with van der Waals surface area (Å²) in [5.41, 5.74) is -4.74. The lowest BCUT2D eigenvalue weighted by Crippen LogP contribution is -2.55. The number of aliphatic carboxylic acids is 1. The molecule has 0 aliphatic rings. The van der Waals surface area contributed by atoms with E-state index >= 15 is 0 Å². The Hall–Kier alpha value is -2.03. The van der Waals surface area contributed by atoms with Crippen LogP contribution in [0.15, 0.2) is 18.2 Å². The van der Waals surface area contributed by atoms with Crippen LogP contribution in [-0.2, 0) is 4.79 Å². The fourth-order valence-electron chi connectivity index (χ4n) is 1.28.